The highest BCUT2D eigenvalue weighted by Crippen LogP contribution is 2.21. The molecule has 5 nitrogen and oxygen atoms in total. The second kappa shape index (κ2) is 7.78. The van der Waals surface area contributed by atoms with Crippen LogP contribution in [-0.2, 0) is 6.54 Å². The van der Waals surface area contributed by atoms with Crippen LogP contribution in [-0.4, -0.2) is 55.1 Å². The molecule has 0 saturated carbocycles. The molecule has 1 aromatic carbocycles. The highest BCUT2D eigenvalue weighted by molar-refractivity contribution is 5.42. The predicted octanol–water partition coefficient (Wildman–Crippen LogP) is 2.78. The summed E-state index contributed by atoms with van der Waals surface area (Å²) in [7, 11) is 6.02. The van der Waals surface area contributed by atoms with Crippen LogP contribution in [0.2, 0.25) is 0 Å². The van der Waals surface area contributed by atoms with E-state index in [9.17, 15) is 4.39 Å². The first-order valence-corrected chi connectivity index (χ1v) is 8.73. The lowest BCUT2D eigenvalue weighted by Gasteiger charge is -2.37. The van der Waals surface area contributed by atoms with Crippen molar-refractivity contribution in [2.75, 3.05) is 44.0 Å². The van der Waals surface area contributed by atoms with Crippen molar-refractivity contribution in [3.05, 3.63) is 47.9 Å². The molecule has 1 atom stereocenters. The smallest absolute Gasteiger partial charge is 0.227 e. The summed E-state index contributed by atoms with van der Waals surface area (Å²) in [6.07, 6.45) is 4.05. The van der Waals surface area contributed by atoms with Gasteiger partial charge in [0.05, 0.1) is 0 Å². The van der Waals surface area contributed by atoms with Gasteiger partial charge in [-0.3, -0.25) is 4.90 Å². The molecular weight excluding hydrogens is 317 g/mol. The number of piperidine rings is 1. The SMILES string of the molecule is CN(C)c1ccnc(N(C)C2CCCN(Cc3cccc(F)c3)C2)n1. The predicted molar refractivity (Wildman–Crippen MR) is 99.5 cm³/mol. The van der Waals surface area contributed by atoms with Gasteiger partial charge in [0.2, 0.25) is 5.95 Å². The molecular formula is C19H26FN5. The fourth-order valence-electron chi connectivity index (χ4n) is 3.31. The Morgan fingerprint density at radius 2 is 2.08 bits per heavy atom. The Kier molecular flexibility index (Phi) is 5.48. The Labute approximate surface area is 149 Å². The molecule has 1 aromatic heterocycles. The maximum Gasteiger partial charge on any atom is 0.227 e. The Morgan fingerprint density at radius 3 is 2.84 bits per heavy atom. The van der Waals surface area contributed by atoms with Gasteiger partial charge < -0.3 is 9.80 Å². The van der Waals surface area contributed by atoms with Gasteiger partial charge in [0.1, 0.15) is 11.6 Å². The van der Waals surface area contributed by atoms with E-state index in [1.807, 2.05) is 37.3 Å². The molecule has 6 heteroatoms. The minimum Gasteiger partial charge on any atom is -0.363 e. The minimum absolute atomic E-state index is 0.169. The van der Waals surface area contributed by atoms with Gasteiger partial charge in [-0.2, -0.15) is 4.98 Å². The molecule has 0 aliphatic carbocycles. The zero-order valence-corrected chi connectivity index (χ0v) is 15.2. The Morgan fingerprint density at radius 1 is 1.24 bits per heavy atom. The van der Waals surface area contributed by atoms with Gasteiger partial charge in [0.15, 0.2) is 0 Å². The van der Waals surface area contributed by atoms with E-state index in [-0.39, 0.29) is 5.82 Å². The van der Waals surface area contributed by atoms with Gasteiger partial charge >= 0.3 is 0 Å². The molecule has 1 saturated heterocycles. The standard InChI is InChI=1S/C19H26FN5/c1-23(2)18-9-10-21-19(22-18)24(3)17-8-5-11-25(14-17)13-15-6-4-7-16(20)12-15/h4,6-7,9-10,12,17H,5,8,11,13-14H2,1-3H3. The average molecular weight is 343 g/mol. The fourth-order valence-corrected chi connectivity index (χ4v) is 3.31. The first-order chi connectivity index (χ1) is 12.0. The summed E-state index contributed by atoms with van der Waals surface area (Å²) >= 11 is 0. The van der Waals surface area contributed by atoms with Crippen LogP contribution in [0.4, 0.5) is 16.2 Å². The highest BCUT2D eigenvalue weighted by Gasteiger charge is 2.25. The van der Waals surface area contributed by atoms with Crippen molar-refractivity contribution in [3.8, 4) is 0 Å². The quantitative estimate of drug-likeness (QED) is 0.834. The van der Waals surface area contributed by atoms with Gasteiger partial charge in [0.25, 0.3) is 0 Å². The second-order valence-corrected chi connectivity index (χ2v) is 6.88. The number of hydrogen-bond acceptors (Lipinski definition) is 5. The third-order valence-corrected chi connectivity index (χ3v) is 4.73. The number of hydrogen-bond donors (Lipinski definition) is 0. The maximum absolute atomic E-state index is 13.4. The lowest BCUT2D eigenvalue weighted by atomic mass is 10.0. The normalized spacial score (nSPS) is 18.2. The topological polar surface area (TPSA) is 35.5 Å². The molecule has 0 N–H and O–H groups in total. The zero-order chi connectivity index (χ0) is 17.8. The first-order valence-electron chi connectivity index (χ1n) is 8.73. The highest BCUT2D eigenvalue weighted by atomic mass is 19.1. The lowest BCUT2D eigenvalue weighted by Crippen LogP contribution is -2.46. The second-order valence-electron chi connectivity index (χ2n) is 6.88. The third-order valence-electron chi connectivity index (χ3n) is 4.73. The Balaban J connectivity index is 1.67. The van der Waals surface area contributed by atoms with Crippen molar-refractivity contribution < 1.29 is 4.39 Å². The molecule has 1 aliphatic heterocycles. The zero-order valence-electron chi connectivity index (χ0n) is 15.2. The third kappa shape index (κ3) is 4.45. The van der Waals surface area contributed by atoms with Crippen LogP contribution >= 0.6 is 0 Å². The molecule has 1 aliphatic rings. The van der Waals surface area contributed by atoms with E-state index in [1.165, 1.54) is 6.07 Å². The van der Waals surface area contributed by atoms with Crippen molar-refractivity contribution >= 4 is 11.8 Å². The van der Waals surface area contributed by atoms with E-state index in [2.05, 4.69) is 26.8 Å². The first kappa shape index (κ1) is 17.6. The van der Waals surface area contributed by atoms with Crippen LogP contribution in [0, 0.1) is 5.82 Å². The molecule has 2 heterocycles. The fraction of sp³-hybridized carbons (Fsp3) is 0.474. The van der Waals surface area contributed by atoms with Crippen LogP contribution in [0.25, 0.3) is 0 Å². The van der Waals surface area contributed by atoms with Crippen molar-refractivity contribution in [3.63, 3.8) is 0 Å². The van der Waals surface area contributed by atoms with E-state index in [4.69, 9.17) is 0 Å². The molecule has 0 spiro atoms. The van der Waals surface area contributed by atoms with Gasteiger partial charge in [0, 0.05) is 46.5 Å². The van der Waals surface area contributed by atoms with E-state index >= 15 is 0 Å². The number of likely N-dealkylation sites (N-methyl/N-ethyl adjacent to an activating group) is 1. The Bertz CT molecular complexity index is 706. The number of halogens is 1. The molecule has 0 amide bonds. The molecule has 3 rings (SSSR count). The monoisotopic (exact) mass is 343 g/mol. The number of benzene rings is 1. The van der Waals surface area contributed by atoms with Gasteiger partial charge in [-0.05, 0) is 43.1 Å². The summed E-state index contributed by atoms with van der Waals surface area (Å²) in [6, 6.07) is 9.15. The average Bonchev–Trinajstić information content (AvgIpc) is 2.61. The number of nitrogens with zero attached hydrogens (tertiary/aromatic N) is 5. The van der Waals surface area contributed by atoms with Crippen LogP contribution in [0.1, 0.15) is 18.4 Å². The molecule has 2 aromatic rings. The molecule has 0 radical (unpaired) electrons. The van der Waals surface area contributed by atoms with Crippen LogP contribution in [0.3, 0.4) is 0 Å². The number of anilines is 2. The summed E-state index contributed by atoms with van der Waals surface area (Å²) in [6.45, 7) is 2.75. The minimum atomic E-state index is -0.169. The van der Waals surface area contributed by atoms with Gasteiger partial charge in [-0.1, -0.05) is 12.1 Å². The number of rotatable bonds is 5. The molecule has 25 heavy (non-hydrogen) atoms. The van der Waals surface area contributed by atoms with E-state index in [0.29, 0.717) is 6.04 Å². The maximum atomic E-state index is 13.4. The molecule has 0 bridgehead atoms. The van der Waals surface area contributed by atoms with Crippen molar-refractivity contribution in [2.24, 2.45) is 0 Å². The summed E-state index contributed by atoms with van der Waals surface area (Å²) in [5.74, 6) is 1.49. The Hall–Kier alpha value is -2.21. The molecule has 1 unspecified atom stereocenters. The molecule has 134 valence electrons. The summed E-state index contributed by atoms with van der Waals surface area (Å²) in [5, 5.41) is 0. The largest absolute Gasteiger partial charge is 0.363 e. The lowest BCUT2D eigenvalue weighted by molar-refractivity contribution is 0.198. The van der Waals surface area contributed by atoms with E-state index in [1.54, 1.807) is 12.1 Å². The van der Waals surface area contributed by atoms with Crippen molar-refractivity contribution in [1.82, 2.24) is 14.9 Å². The van der Waals surface area contributed by atoms with E-state index in [0.717, 1.165) is 49.8 Å². The summed E-state index contributed by atoms with van der Waals surface area (Å²) in [5.41, 5.74) is 1.02. The number of aromatic nitrogens is 2. The van der Waals surface area contributed by atoms with E-state index < -0.39 is 0 Å². The number of likely N-dealkylation sites (tertiary alicyclic amines) is 1. The van der Waals surface area contributed by atoms with Crippen LogP contribution in [0.15, 0.2) is 36.5 Å². The van der Waals surface area contributed by atoms with Crippen LogP contribution < -0.4 is 9.80 Å². The van der Waals surface area contributed by atoms with Gasteiger partial charge in [-0.25, -0.2) is 9.37 Å². The summed E-state index contributed by atoms with van der Waals surface area (Å²) < 4.78 is 13.4. The molecule has 1 fully saturated rings. The van der Waals surface area contributed by atoms with Crippen LogP contribution in [0.5, 0.6) is 0 Å². The van der Waals surface area contributed by atoms with Gasteiger partial charge in [-0.15, -0.1) is 0 Å². The summed E-state index contributed by atoms with van der Waals surface area (Å²) in [4.78, 5) is 15.6. The van der Waals surface area contributed by atoms with Crippen molar-refractivity contribution in [2.45, 2.75) is 25.4 Å². The van der Waals surface area contributed by atoms with Crippen molar-refractivity contribution in [1.29, 1.82) is 0 Å².